The molecule has 1 heterocycles. The minimum atomic E-state index is 0.0165. The van der Waals surface area contributed by atoms with Gasteiger partial charge < -0.3 is 11.1 Å². The van der Waals surface area contributed by atoms with E-state index in [9.17, 15) is 4.79 Å². The number of nitrogens with zero attached hydrogens (tertiary/aromatic N) is 1. The molecule has 1 amide bonds. The van der Waals surface area contributed by atoms with E-state index in [1.807, 2.05) is 5.38 Å². The van der Waals surface area contributed by atoms with Gasteiger partial charge in [0.1, 0.15) is 0 Å². The second-order valence-electron chi connectivity index (χ2n) is 7.04. The summed E-state index contributed by atoms with van der Waals surface area (Å²) in [5.41, 5.74) is 6.73. The maximum Gasteiger partial charge on any atom is 0.226 e. The Morgan fingerprint density at radius 3 is 2.45 bits per heavy atom. The average molecular weight is 297 g/mol. The highest BCUT2D eigenvalue weighted by atomic mass is 32.1. The number of nitrogens with two attached hydrogens (primary N) is 1. The highest BCUT2D eigenvalue weighted by molar-refractivity contribution is 7.13. The fraction of sp³-hybridized carbons (Fsp3) is 0.733. The summed E-state index contributed by atoms with van der Waals surface area (Å²) < 4.78 is 0. The minimum absolute atomic E-state index is 0.0165. The van der Waals surface area contributed by atoms with Crippen LogP contribution in [0.2, 0.25) is 0 Å². The second-order valence-corrected chi connectivity index (χ2v) is 7.90. The summed E-state index contributed by atoms with van der Waals surface area (Å²) in [6.45, 7) is 11.3. The van der Waals surface area contributed by atoms with E-state index in [4.69, 9.17) is 5.73 Å². The molecule has 114 valence electrons. The highest BCUT2D eigenvalue weighted by Crippen LogP contribution is 2.28. The van der Waals surface area contributed by atoms with Gasteiger partial charge in [0.2, 0.25) is 5.91 Å². The van der Waals surface area contributed by atoms with Gasteiger partial charge in [-0.15, -0.1) is 11.3 Å². The summed E-state index contributed by atoms with van der Waals surface area (Å²) in [5.74, 6) is 0.0323. The lowest BCUT2D eigenvalue weighted by Crippen LogP contribution is -2.20. The van der Waals surface area contributed by atoms with Crippen molar-refractivity contribution in [2.75, 3.05) is 11.9 Å². The van der Waals surface area contributed by atoms with E-state index >= 15 is 0 Å². The summed E-state index contributed by atoms with van der Waals surface area (Å²) in [5, 5.41) is 5.59. The van der Waals surface area contributed by atoms with Crippen molar-refractivity contribution >= 4 is 22.4 Å². The van der Waals surface area contributed by atoms with E-state index < -0.39 is 0 Å². The number of amides is 1. The van der Waals surface area contributed by atoms with Crippen molar-refractivity contribution in [2.24, 2.45) is 11.1 Å². The molecule has 4 nitrogen and oxygen atoms in total. The number of carbonyl (C=O) groups excluding carboxylic acids is 1. The lowest BCUT2D eigenvalue weighted by Gasteiger charge is -2.23. The summed E-state index contributed by atoms with van der Waals surface area (Å²) in [4.78, 5) is 16.4. The Morgan fingerprint density at radius 2 is 1.95 bits per heavy atom. The molecule has 0 saturated carbocycles. The van der Waals surface area contributed by atoms with E-state index in [2.05, 4.69) is 44.9 Å². The highest BCUT2D eigenvalue weighted by Gasteiger charge is 2.20. The van der Waals surface area contributed by atoms with Gasteiger partial charge in [-0.2, -0.15) is 0 Å². The third-order valence-electron chi connectivity index (χ3n) is 3.37. The van der Waals surface area contributed by atoms with Gasteiger partial charge in [-0.05, 0) is 24.8 Å². The van der Waals surface area contributed by atoms with E-state index in [0.29, 0.717) is 18.1 Å². The van der Waals surface area contributed by atoms with Crippen molar-refractivity contribution in [3.8, 4) is 0 Å². The first-order chi connectivity index (χ1) is 9.14. The van der Waals surface area contributed by atoms with Gasteiger partial charge in [-0.1, -0.05) is 34.6 Å². The molecular weight excluding hydrogens is 270 g/mol. The molecule has 0 bridgehead atoms. The molecule has 0 fully saturated rings. The average Bonchev–Trinajstić information content (AvgIpc) is 2.75. The number of thiazole rings is 1. The van der Waals surface area contributed by atoms with Gasteiger partial charge in [0.15, 0.2) is 5.13 Å². The molecular formula is C15H27N3OS. The Labute approximate surface area is 126 Å². The third kappa shape index (κ3) is 5.59. The molecule has 0 unspecified atom stereocenters. The van der Waals surface area contributed by atoms with Crippen LogP contribution in [0.5, 0.6) is 0 Å². The first kappa shape index (κ1) is 17.1. The zero-order valence-corrected chi connectivity index (χ0v) is 14.1. The Morgan fingerprint density at radius 1 is 1.30 bits per heavy atom. The number of hydrogen-bond acceptors (Lipinski definition) is 4. The van der Waals surface area contributed by atoms with E-state index in [0.717, 1.165) is 18.5 Å². The number of nitrogens with one attached hydrogen (secondary N) is 1. The molecule has 3 N–H and O–H groups in total. The van der Waals surface area contributed by atoms with Crippen LogP contribution in [0, 0.1) is 5.41 Å². The van der Waals surface area contributed by atoms with Crippen LogP contribution in [-0.2, 0) is 10.2 Å². The van der Waals surface area contributed by atoms with E-state index in [1.165, 1.54) is 11.3 Å². The van der Waals surface area contributed by atoms with Gasteiger partial charge in [0.05, 0.1) is 5.69 Å². The molecule has 1 rings (SSSR count). The Bertz CT molecular complexity index is 446. The van der Waals surface area contributed by atoms with Crippen LogP contribution < -0.4 is 11.1 Å². The van der Waals surface area contributed by atoms with Crippen LogP contribution in [0.3, 0.4) is 0 Å². The molecule has 0 radical (unpaired) electrons. The Kier molecular flexibility index (Phi) is 5.71. The predicted octanol–water partition coefficient (Wildman–Crippen LogP) is 3.53. The number of rotatable bonds is 6. The van der Waals surface area contributed by atoms with E-state index in [-0.39, 0.29) is 16.7 Å². The lowest BCUT2D eigenvalue weighted by atomic mass is 9.84. The molecule has 0 aliphatic rings. The second kappa shape index (κ2) is 6.68. The van der Waals surface area contributed by atoms with Crippen LogP contribution in [0.25, 0.3) is 0 Å². The molecule has 0 atom stereocenters. The van der Waals surface area contributed by atoms with Crippen LogP contribution >= 0.6 is 11.3 Å². The van der Waals surface area contributed by atoms with Crippen molar-refractivity contribution in [3.05, 3.63) is 11.1 Å². The fourth-order valence-corrected chi connectivity index (χ4v) is 2.78. The zero-order chi connectivity index (χ0) is 15.4. The third-order valence-corrected chi connectivity index (χ3v) is 4.13. The molecule has 0 spiro atoms. The van der Waals surface area contributed by atoms with Gasteiger partial charge >= 0.3 is 0 Å². The van der Waals surface area contributed by atoms with Crippen molar-refractivity contribution in [2.45, 2.75) is 59.3 Å². The topological polar surface area (TPSA) is 68.0 Å². The SMILES string of the molecule is CC(C)(CCN)CCC(=O)Nc1nc(C(C)(C)C)cs1. The summed E-state index contributed by atoms with van der Waals surface area (Å²) >= 11 is 1.49. The monoisotopic (exact) mass is 297 g/mol. The smallest absolute Gasteiger partial charge is 0.226 e. The van der Waals surface area contributed by atoms with Crippen molar-refractivity contribution in [1.29, 1.82) is 0 Å². The molecule has 1 aromatic rings. The number of carbonyl (C=O) groups is 1. The fourth-order valence-electron chi connectivity index (χ4n) is 1.83. The van der Waals surface area contributed by atoms with Gasteiger partial charge in [0.25, 0.3) is 0 Å². The molecule has 20 heavy (non-hydrogen) atoms. The van der Waals surface area contributed by atoms with Crippen LogP contribution in [0.4, 0.5) is 5.13 Å². The first-order valence-electron chi connectivity index (χ1n) is 7.10. The van der Waals surface area contributed by atoms with Gasteiger partial charge in [-0.25, -0.2) is 4.98 Å². The lowest BCUT2D eigenvalue weighted by molar-refractivity contribution is -0.116. The molecule has 0 aliphatic heterocycles. The maximum absolute atomic E-state index is 11.9. The maximum atomic E-state index is 11.9. The van der Waals surface area contributed by atoms with Crippen LogP contribution in [-0.4, -0.2) is 17.4 Å². The molecule has 5 heteroatoms. The normalized spacial score (nSPS) is 12.5. The standard InChI is InChI=1S/C15H27N3OS/c1-14(2,3)11-10-20-13(17-11)18-12(19)6-7-15(4,5)8-9-16/h10H,6-9,16H2,1-5H3,(H,17,18,19). The Hall–Kier alpha value is -0.940. The molecule has 0 aromatic carbocycles. The summed E-state index contributed by atoms with van der Waals surface area (Å²) in [6.07, 6.45) is 2.29. The van der Waals surface area contributed by atoms with Gasteiger partial charge in [0, 0.05) is 17.2 Å². The van der Waals surface area contributed by atoms with Gasteiger partial charge in [-0.3, -0.25) is 4.79 Å². The zero-order valence-electron chi connectivity index (χ0n) is 13.2. The summed E-state index contributed by atoms with van der Waals surface area (Å²) in [7, 11) is 0. The largest absolute Gasteiger partial charge is 0.330 e. The molecule has 0 aliphatic carbocycles. The Balaban J connectivity index is 2.49. The number of aromatic nitrogens is 1. The number of hydrogen-bond donors (Lipinski definition) is 2. The quantitative estimate of drug-likeness (QED) is 0.844. The number of anilines is 1. The van der Waals surface area contributed by atoms with Crippen molar-refractivity contribution in [3.63, 3.8) is 0 Å². The van der Waals surface area contributed by atoms with Crippen LogP contribution in [0.1, 0.15) is 59.6 Å². The van der Waals surface area contributed by atoms with Crippen molar-refractivity contribution in [1.82, 2.24) is 4.98 Å². The van der Waals surface area contributed by atoms with Crippen molar-refractivity contribution < 1.29 is 4.79 Å². The van der Waals surface area contributed by atoms with Crippen LogP contribution in [0.15, 0.2) is 5.38 Å². The van der Waals surface area contributed by atoms with E-state index in [1.54, 1.807) is 0 Å². The molecule has 1 aromatic heterocycles. The molecule has 0 saturated heterocycles. The minimum Gasteiger partial charge on any atom is -0.330 e. The predicted molar refractivity (Wildman–Crippen MR) is 86.1 cm³/mol. The first-order valence-corrected chi connectivity index (χ1v) is 7.98. The summed E-state index contributed by atoms with van der Waals surface area (Å²) in [6, 6.07) is 0.